The highest BCUT2D eigenvalue weighted by atomic mass is 32.1. The summed E-state index contributed by atoms with van der Waals surface area (Å²) in [5.41, 5.74) is 1.12. The lowest BCUT2D eigenvalue weighted by molar-refractivity contribution is -0.123. The molecule has 1 aromatic carbocycles. The summed E-state index contributed by atoms with van der Waals surface area (Å²) in [6.07, 6.45) is 0. The molecule has 4 heteroatoms. The minimum atomic E-state index is 0.0316. The third kappa shape index (κ3) is 4.41. The molecular weight excluding hydrogens is 280 g/mol. The van der Waals surface area contributed by atoms with Gasteiger partial charge >= 0.3 is 0 Å². The molecule has 1 heterocycles. The molecule has 0 aliphatic rings. The average Bonchev–Trinajstić information content (AvgIpc) is 3.01. The van der Waals surface area contributed by atoms with Gasteiger partial charge in [0.1, 0.15) is 0 Å². The van der Waals surface area contributed by atoms with Gasteiger partial charge in [0, 0.05) is 10.9 Å². The van der Waals surface area contributed by atoms with Crippen molar-refractivity contribution in [2.45, 2.75) is 25.9 Å². The summed E-state index contributed by atoms with van der Waals surface area (Å²) < 4.78 is 0. The molecule has 0 aliphatic carbocycles. The molecule has 0 spiro atoms. The standard InChI is InChI=1S/C17H22N2OS/c1-13(15-8-5-4-6-9-15)18-17(20)12-19(3)14(2)16-10-7-11-21-16/h4-11,13-14H,12H2,1-3H3,(H,18,20). The lowest BCUT2D eigenvalue weighted by Gasteiger charge is -2.24. The Morgan fingerprint density at radius 2 is 1.90 bits per heavy atom. The zero-order chi connectivity index (χ0) is 15.2. The van der Waals surface area contributed by atoms with Crippen LogP contribution in [0.3, 0.4) is 0 Å². The van der Waals surface area contributed by atoms with E-state index in [1.807, 2.05) is 50.4 Å². The van der Waals surface area contributed by atoms with Crippen molar-refractivity contribution in [3.8, 4) is 0 Å². The molecule has 0 saturated carbocycles. The van der Waals surface area contributed by atoms with Crippen LogP contribution < -0.4 is 5.32 Å². The zero-order valence-corrected chi connectivity index (χ0v) is 13.6. The van der Waals surface area contributed by atoms with E-state index in [9.17, 15) is 4.79 Å². The van der Waals surface area contributed by atoms with E-state index >= 15 is 0 Å². The van der Waals surface area contributed by atoms with Crippen molar-refractivity contribution in [2.75, 3.05) is 13.6 Å². The predicted octanol–water partition coefficient (Wildman–Crippen LogP) is 3.62. The highest BCUT2D eigenvalue weighted by Gasteiger charge is 2.17. The largest absolute Gasteiger partial charge is 0.348 e. The molecule has 0 radical (unpaired) electrons. The van der Waals surface area contributed by atoms with E-state index in [-0.39, 0.29) is 18.0 Å². The number of rotatable bonds is 6. The SMILES string of the molecule is CC(NC(=O)CN(C)C(C)c1cccs1)c1ccccc1. The van der Waals surface area contributed by atoms with Gasteiger partial charge in [0.05, 0.1) is 12.6 Å². The van der Waals surface area contributed by atoms with Crippen molar-refractivity contribution in [2.24, 2.45) is 0 Å². The number of benzene rings is 1. The number of likely N-dealkylation sites (N-methyl/N-ethyl adjacent to an activating group) is 1. The fourth-order valence-corrected chi connectivity index (χ4v) is 3.07. The number of thiophene rings is 1. The maximum Gasteiger partial charge on any atom is 0.234 e. The fourth-order valence-electron chi connectivity index (χ4n) is 2.22. The quantitative estimate of drug-likeness (QED) is 0.884. The molecule has 1 amide bonds. The lowest BCUT2D eigenvalue weighted by atomic mass is 10.1. The first-order valence-electron chi connectivity index (χ1n) is 7.16. The average molecular weight is 302 g/mol. The van der Waals surface area contributed by atoms with Gasteiger partial charge in [0.25, 0.3) is 0 Å². The molecule has 1 N–H and O–H groups in total. The molecule has 0 fully saturated rings. The number of carbonyl (C=O) groups excluding carboxylic acids is 1. The van der Waals surface area contributed by atoms with E-state index < -0.39 is 0 Å². The first kappa shape index (κ1) is 15.7. The van der Waals surface area contributed by atoms with Gasteiger partial charge in [0.2, 0.25) is 5.91 Å². The van der Waals surface area contributed by atoms with Gasteiger partial charge in [-0.1, -0.05) is 36.4 Å². The van der Waals surface area contributed by atoms with Gasteiger partial charge in [-0.3, -0.25) is 9.69 Å². The zero-order valence-electron chi connectivity index (χ0n) is 12.7. The van der Waals surface area contributed by atoms with E-state index in [1.54, 1.807) is 11.3 Å². The Balaban J connectivity index is 1.87. The number of hydrogen-bond donors (Lipinski definition) is 1. The Kier molecular flexibility index (Phi) is 5.53. The number of nitrogens with one attached hydrogen (secondary N) is 1. The molecule has 3 nitrogen and oxygen atoms in total. The molecular formula is C17H22N2OS. The second-order valence-electron chi connectivity index (χ2n) is 5.31. The third-order valence-electron chi connectivity index (χ3n) is 3.69. The summed E-state index contributed by atoms with van der Waals surface area (Å²) in [7, 11) is 1.98. The monoisotopic (exact) mass is 302 g/mol. The van der Waals surface area contributed by atoms with Crippen LogP contribution in [-0.2, 0) is 4.79 Å². The summed E-state index contributed by atoms with van der Waals surface area (Å²) in [6.45, 7) is 4.53. The molecule has 0 aliphatic heterocycles. The first-order chi connectivity index (χ1) is 10.1. The lowest BCUT2D eigenvalue weighted by Crippen LogP contribution is -2.37. The Labute approximate surface area is 130 Å². The van der Waals surface area contributed by atoms with Crippen LogP contribution in [0.1, 0.15) is 36.4 Å². The van der Waals surface area contributed by atoms with Crippen LogP contribution in [0.25, 0.3) is 0 Å². The number of carbonyl (C=O) groups is 1. The third-order valence-corrected chi connectivity index (χ3v) is 4.73. The van der Waals surface area contributed by atoms with Crippen LogP contribution in [0.5, 0.6) is 0 Å². The van der Waals surface area contributed by atoms with Gasteiger partial charge in [0.15, 0.2) is 0 Å². The van der Waals surface area contributed by atoms with Gasteiger partial charge in [-0.15, -0.1) is 11.3 Å². The number of nitrogens with zero attached hydrogens (tertiary/aromatic N) is 1. The van der Waals surface area contributed by atoms with Crippen LogP contribution in [0.4, 0.5) is 0 Å². The molecule has 112 valence electrons. The molecule has 2 aromatic rings. The fraction of sp³-hybridized carbons (Fsp3) is 0.353. The van der Waals surface area contributed by atoms with Crippen molar-refractivity contribution >= 4 is 17.2 Å². The molecule has 0 bridgehead atoms. The summed E-state index contributed by atoms with van der Waals surface area (Å²) >= 11 is 1.72. The first-order valence-corrected chi connectivity index (χ1v) is 8.04. The van der Waals surface area contributed by atoms with Crippen molar-refractivity contribution < 1.29 is 4.79 Å². The molecule has 1 aromatic heterocycles. The minimum absolute atomic E-state index is 0.0316. The summed E-state index contributed by atoms with van der Waals surface area (Å²) in [6, 6.07) is 14.5. The van der Waals surface area contributed by atoms with Crippen LogP contribution in [-0.4, -0.2) is 24.4 Å². The van der Waals surface area contributed by atoms with Crippen LogP contribution in [0.2, 0.25) is 0 Å². The van der Waals surface area contributed by atoms with Crippen molar-refractivity contribution in [3.05, 3.63) is 58.3 Å². The molecule has 21 heavy (non-hydrogen) atoms. The van der Waals surface area contributed by atoms with Crippen LogP contribution in [0, 0.1) is 0 Å². The maximum absolute atomic E-state index is 12.2. The van der Waals surface area contributed by atoms with Crippen LogP contribution in [0.15, 0.2) is 47.8 Å². The summed E-state index contributed by atoms with van der Waals surface area (Å²) in [5, 5.41) is 5.12. The second-order valence-corrected chi connectivity index (χ2v) is 6.29. The Morgan fingerprint density at radius 3 is 2.52 bits per heavy atom. The summed E-state index contributed by atoms with van der Waals surface area (Å²) in [5.74, 6) is 0.0530. The highest BCUT2D eigenvalue weighted by Crippen LogP contribution is 2.23. The second kappa shape index (κ2) is 7.38. The van der Waals surface area contributed by atoms with Gasteiger partial charge in [-0.25, -0.2) is 0 Å². The van der Waals surface area contributed by atoms with E-state index in [0.29, 0.717) is 6.54 Å². The molecule has 2 unspecified atom stereocenters. The maximum atomic E-state index is 12.2. The summed E-state index contributed by atoms with van der Waals surface area (Å²) in [4.78, 5) is 15.5. The Bertz CT molecular complexity index is 553. The minimum Gasteiger partial charge on any atom is -0.348 e. The highest BCUT2D eigenvalue weighted by molar-refractivity contribution is 7.10. The van der Waals surface area contributed by atoms with Crippen molar-refractivity contribution in [1.29, 1.82) is 0 Å². The van der Waals surface area contributed by atoms with E-state index in [0.717, 1.165) is 5.56 Å². The Hall–Kier alpha value is -1.65. The van der Waals surface area contributed by atoms with E-state index in [4.69, 9.17) is 0 Å². The molecule has 2 atom stereocenters. The Morgan fingerprint density at radius 1 is 1.19 bits per heavy atom. The van der Waals surface area contributed by atoms with Gasteiger partial charge in [-0.2, -0.15) is 0 Å². The smallest absolute Gasteiger partial charge is 0.234 e. The molecule has 2 rings (SSSR count). The predicted molar refractivity (Wildman–Crippen MR) is 88.4 cm³/mol. The molecule has 0 saturated heterocycles. The van der Waals surface area contributed by atoms with Gasteiger partial charge in [-0.05, 0) is 37.9 Å². The number of hydrogen-bond acceptors (Lipinski definition) is 3. The van der Waals surface area contributed by atoms with Crippen LogP contribution >= 0.6 is 11.3 Å². The van der Waals surface area contributed by atoms with Crippen molar-refractivity contribution in [3.63, 3.8) is 0 Å². The van der Waals surface area contributed by atoms with E-state index in [2.05, 4.69) is 28.6 Å². The van der Waals surface area contributed by atoms with Crippen molar-refractivity contribution in [1.82, 2.24) is 10.2 Å². The normalized spacial score (nSPS) is 13.9. The van der Waals surface area contributed by atoms with Gasteiger partial charge < -0.3 is 5.32 Å². The number of amides is 1. The van der Waals surface area contributed by atoms with E-state index in [1.165, 1.54) is 4.88 Å². The topological polar surface area (TPSA) is 32.3 Å².